The van der Waals surface area contributed by atoms with E-state index >= 15 is 0 Å². The van der Waals surface area contributed by atoms with Crippen LogP contribution in [0, 0.1) is 55.4 Å². The molecule has 4 aromatic rings. The third kappa shape index (κ3) is 26.7. The van der Waals surface area contributed by atoms with E-state index in [1.54, 1.807) is 27.7 Å². The first-order valence-corrected chi connectivity index (χ1v) is 17.9. The van der Waals surface area contributed by atoms with Gasteiger partial charge in [0.1, 0.15) is 0 Å². The van der Waals surface area contributed by atoms with Gasteiger partial charge in [-0.3, -0.25) is 0 Å². The minimum atomic E-state index is -0.621. The van der Waals surface area contributed by atoms with Gasteiger partial charge in [-0.2, -0.15) is 10.3 Å². The van der Waals surface area contributed by atoms with E-state index in [2.05, 4.69) is 45.7 Å². The molecule has 2 radical (unpaired) electrons. The maximum Gasteiger partial charge on any atom is 0 e. The predicted molar refractivity (Wildman–Crippen MR) is 234 cm³/mol. The van der Waals surface area contributed by atoms with Gasteiger partial charge in [-0.1, -0.05) is 169 Å². The van der Waals surface area contributed by atoms with E-state index in [0.29, 0.717) is 0 Å². The number of benzene rings is 4. The summed E-state index contributed by atoms with van der Waals surface area (Å²) in [5, 5.41) is 69.7. The summed E-state index contributed by atoms with van der Waals surface area (Å²) in [6.07, 6.45) is -2.48. The Kier molecular flexibility index (Phi) is 36.1. The van der Waals surface area contributed by atoms with E-state index in [0.717, 1.165) is 67.3 Å². The first-order valence-electron chi connectivity index (χ1n) is 17.1. The number of aliphatic hydroxyl groups is 4. The topological polar surface area (TPSA) is 182 Å². The van der Waals surface area contributed by atoms with E-state index in [4.69, 9.17) is 31.2 Å². The van der Waals surface area contributed by atoms with E-state index in [1.165, 1.54) is 10.3 Å². The summed E-state index contributed by atoms with van der Waals surface area (Å²) < 4.78 is 0. The molecule has 0 saturated heterocycles. The molecule has 0 aliphatic rings. The molecule has 0 saturated carbocycles. The van der Waals surface area contributed by atoms with Crippen LogP contribution in [0.2, 0.25) is 0 Å². The van der Waals surface area contributed by atoms with Crippen molar-refractivity contribution < 1.29 is 61.3 Å². The Bertz CT molecular complexity index is 1420. The Hall–Kier alpha value is -3.16. The molecule has 0 amide bonds. The van der Waals surface area contributed by atoms with E-state index in [-0.39, 0.29) is 40.8 Å². The molecule has 0 aromatic heterocycles. The average molecular weight is 1150 g/mol. The quantitative estimate of drug-likeness (QED) is 0.101. The number of aryl methyl sites for hydroxylation is 8. The number of nitrogens with zero attached hydrogens (tertiary/aromatic N) is 6. The second-order valence-corrected chi connectivity index (χ2v) is 12.6. The van der Waals surface area contributed by atoms with Crippen LogP contribution in [0.1, 0.15) is 72.2 Å². The summed E-state index contributed by atoms with van der Waals surface area (Å²) in [6.45, 7) is 22.6. The van der Waals surface area contributed by atoms with Crippen molar-refractivity contribution in [3.8, 4) is 0 Å². The molecule has 4 atom stereocenters. The Labute approximate surface area is 373 Å². The molecule has 0 spiro atoms. The van der Waals surface area contributed by atoms with Crippen molar-refractivity contribution in [2.45, 2.75) is 108 Å². The number of para-hydroxylation sites is 4. The standard InChI is InChI=1S/4C10H14NO.2CNS.2Re/c4*1-7-5-4-6-8(2)10(7)11-9(3)12;2*2-1-3;;/h4*4-6,9,12H,1-3H3;;;;/q6*-1;;. The van der Waals surface area contributed by atoms with Gasteiger partial charge in [0.2, 0.25) is 0 Å². The van der Waals surface area contributed by atoms with E-state index in [9.17, 15) is 0 Å². The Morgan fingerprint density at radius 1 is 0.393 bits per heavy atom. The maximum absolute atomic E-state index is 9.09. The first-order chi connectivity index (χ1) is 25.3. The smallest absolute Gasteiger partial charge is 0 e. The van der Waals surface area contributed by atoms with E-state index < -0.39 is 24.9 Å². The Balaban J connectivity index is -0.000000303. The molecule has 0 fully saturated rings. The minimum absolute atomic E-state index is 0. The third-order valence-corrected chi connectivity index (χ3v) is 7.02. The summed E-state index contributed by atoms with van der Waals surface area (Å²) in [6, 6.07) is 23.9. The largest absolute Gasteiger partial charge is 0.753 e. The van der Waals surface area contributed by atoms with Crippen LogP contribution >= 0.6 is 24.4 Å². The van der Waals surface area contributed by atoms with Gasteiger partial charge in [0, 0.05) is 40.8 Å². The zero-order valence-corrected chi connectivity index (χ0v) is 41.3. The zero-order valence-electron chi connectivity index (χ0n) is 34.3. The number of hydrogen-bond donors (Lipinski definition) is 4. The van der Waals surface area contributed by atoms with Crippen molar-refractivity contribution in [2.75, 3.05) is 0 Å². The molecular weight excluding hydrogens is 1090 g/mol. The van der Waals surface area contributed by atoms with Gasteiger partial charge < -0.3 is 52.5 Å². The molecule has 14 heteroatoms. The fourth-order valence-corrected chi connectivity index (χ4v) is 4.78. The molecule has 310 valence electrons. The third-order valence-electron chi connectivity index (χ3n) is 7.02. The number of rotatable bonds is 8. The van der Waals surface area contributed by atoms with Crippen LogP contribution in [0.5, 0.6) is 0 Å². The molecule has 0 bridgehead atoms. The van der Waals surface area contributed by atoms with Gasteiger partial charge >= 0.3 is 0 Å². The van der Waals surface area contributed by atoms with Crippen LogP contribution in [0.25, 0.3) is 32.1 Å². The van der Waals surface area contributed by atoms with Crippen LogP contribution in [0.4, 0.5) is 22.7 Å². The molecule has 4 unspecified atom stereocenters. The predicted octanol–water partition coefficient (Wildman–Crippen LogP) is 11.9. The van der Waals surface area contributed by atoms with Crippen molar-refractivity contribution in [1.29, 1.82) is 0 Å². The fourth-order valence-electron chi connectivity index (χ4n) is 4.78. The van der Waals surface area contributed by atoms with Crippen LogP contribution in [-0.4, -0.2) is 55.7 Å². The van der Waals surface area contributed by atoms with Gasteiger partial charge in [0.05, 0.1) is 0 Å². The summed E-state index contributed by atoms with van der Waals surface area (Å²) in [7, 11) is 0. The molecule has 4 N–H and O–H groups in total. The number of hydrogen-bond acceptors (Lipinski definition) is 6. The molecule has 4 rings (SSSR count). The van der Waals surface area contributed by atoms with Crippen LogP contribution in [0.3, 0.4) is 0 Å². The molecule has 56 heavy (non-hydrogen) atoms. The first kappa shape index (κ1) is 59.5. The summed E-state index contributed by atoms with van der Waals surface area (Å²) >= 11 is 7.40. The monoisotopic (exact) mass is 1150 g/mol. The van der Waals surface area contributed by atoms with Crippen molar-refractivity contribution in [2.24, 2.45) is 0 Å². The van der Waals surface area contributed by atoms with Gasteiger partial charge in [-0.15, -0.1) is 22.7 Å². The van der Waals surface area contributed by atoms with Gasteiger partial charge in [0.15, 0.2) is 0 Å². The molecule has 4 aromatic carbocycles. The SMILES string of the molecule is Cc1cccc(C)c1[N-]C(C)O.Cc1cccc(C)c1[N-]C(C)O.Cc1cccc(C)c1[N-]C(C)O.Cc1cccc(C)c1[N-]C(C)O.[N-]=C=S.[N-]=C=S.[Re].[Re]. The van der Waals surface area contributed by atoms with Crippen molar-refractivity contribution >= 4 is 57.5 Å². The maximum atomic E-state index is 9.09. The number of thiocarbonyl (C=S) groups is 2. The van der Waals surface area contributed by atoms with Crippen molar-refractivity contribution in [3.05, 3.63) is 149 Å². The normalized spacial score (nSPS) is 11.1. The van der Waals surface area contributed by atoms with Crippen LogP contribution in [-0.2, 0) is 40.8 Å². The second-order valence-electron chi connectivity index (χ2n) is 12.2. The molecule has 0 aliphatic heterocycles. The average Bonchev–Trinajstić information content (AvgIpc) is 3.06. The Morgan fingerprint density at radius 3 is 0.589 bits per heavy atom. The zero-order chi connectivity index (χ0) is 42.0. The van der Waals surface area contributed by atoms with Crippen LogP contribution in [0.15, 0.2) is 72.8 Å². The fraction of sp³-hybridized carbons (Fsp3) is 0.381. The second kappa shape index (κ2) is 33.9. The molecule has 0 heterocycles. The summed E-state index contributed by atoms with van der Waals surface area (Å²) in [5.74, 6) is 0. The number of aliphatic hydroxyl groups excluding tert-OH is 4. The van der Waals surface area contributed by atoms with Crippen LogP contribution < -0.4 is 0 Å². The van der Waals surface area contributed by atoms with Gasteiger partial charge in [-0.05, 0) is 80.3 Å². The van der Waals surface area contributed by atoms with Gasteiger partial charge in [0.25, 0.3) is 0 Å². The summed E-state index contributed by atoms with van der Waals surface area (Å²) in [4.78, 5) is 0. The van der Waals surface area contributed by atoms with E-state index in [1.807, 2.05) is 128 Å². The Morgan fingerprint density at radius 2 is 0.500 bits per heavy atom. The van der Waals surface area contributed by atoms with Crippen molar-refractivity contribution in [3.63, 3.8) is 0 Å². The molecule has 10 nitrogen and oxygen atoms in total. The minimum Gasteiger partial charge on any atom is -0.753 e. The molecule has 0 aliphatic carbocycles. The van der Waals surface area contributed by atoms with Gasteiger partial charge in [-0.25, -0.2) is 0 Å². The van der Waals surface area contributed by atoms with Crippen molar-refractivity contribution in [1.82, 2.24) is 0 Å². The molecular formula is C42H56N6O4Re2S2-6. The summed E-state index contributed by atoms with van der Waals surface area (Å²) in [5.41, 5.74) is 12.5. The number of isothiocyanates is 2.